The standard InChI is InChI=1S/C27H25NO4/c1-17-9-11-21(12-10-17)26-27(24(30)22-14-18(2)13-19(3)25(22)32-26)31-16-23(29)28-15-20-7-5-4-6-8-20/h4-14H,15-16H2,1-3H3,(H,28,29). The molecule has 0 aliphatic heterocycles. The highest BCUT2D eigenvalue weighted by atomic mass is 16.5. The first kappa shape index (κ1) is 21.4. The number of amides is 1. The van der Waals surface area contributed by atoms with Crippen molar-refractivity contribution in [3.63, 3.8) is 0 Å². The van der Waals surface area contributed by atoms with E-state index >= 15 is 0 Å². The van der Waals surface area contributed by atoms with E-state index in [1.54, 1.807) is 6.07 Å². The van der Waals surface area contributed by atoms with Crippen molar-refractivity contribution in [2.45, 2.75) is 27.3 Å². The Bertz CT molecular complexity index is 1320. The van der Waals surface area contributed by atoms with Crippen LogP contribution in [0.25, 0.3) is 22.3 Å². The predicted molar refractivity (Wildman–Crippen MR) is 126 cm³/mol. The molecule has 1 aromatic heterocycles. The van der Waals surface area contributed by atoms with Gasteiger partial charge in [0.15, 0.2) is 12.4 Å². The second-order valence-electron chi connectivity index (χ2n) is 7.96. The van der Waals surface area contributed by atoms with Gasteiger partial charge >= 0.3 is 0 Å². The van der Waals surface area contributed by atoms with Crippen LogP contribution in [0.15, 0.2) is 75.9 Å². The molecule has 0 radical (unpaired) electrons. The van der Waals surface area contributed by atoms with Gasteiger partial charge in [-0.2, -0.15) is 0 Å². The van der Waals surface area contributed by atoms with Crippen LogP contribution in [-0.4, -0.2) is 12.5 Å². The number of carbonyl (C=O) groups excluding carboxylic acids is 1. The molecule has 5 nitrogen and oxygen atoms in total. The number of nitrogens with one attached hydrogen (secondary N) is 1. The molecule has 0 saturated heterocycles. The van der Waals surface area contributed by atoms with Gasteiger partial charge in [0.05, 0.1) is 5.39 Å². The lowest BCUT2D eigenvalue weighted by Crippen LogP contribution is -2.29. The van der Waals surface area contributed by atoms with Crippen LogP contribution < -0.4 is 15.5 Å². The molecule has 3 aromatic carbocycles. The largest absolute Gasteiger partial charge is 0.476 e. The Morgan fingerprint density at radius 1 is 0.938 bits per heavy atom. The fourth-order valence-corrected chi connectivity index (χ4v) is 3.64. The van der Waals surface area contributed by atoms with E-state index in [1.165, 1.54) is 0 Å². The number of benzene rings is 3. The van der Waals surface area contributed by atoms with Crippen LogP contribution in [0.4, 0.5) is 0 Å². The summed E-state index contributed by atoms with van der Waals surface area (Å²) in [6.07, 6.45) is 0. The molecule has 0 spiro atoms. The lowest BCUT2D eigenvalue weighted by atomic mass is 10.0. The van der Waals surface area contributed by atoms with Gasteiger partial charge in [0.25, 0.3) is 5.91 Å². The third-order valence-corrected chi connectivity index (χ3v) is 5.27. The summed E-state index contributed by atoms with van der Waals surface area (Å²) in [5.41, 5.74) is 4.86. The van der Waals surface area contributed by atoms with E-state index in [0.717, 1.165) is 22.3 Å². The highest BCUT2D eigenvalue weighted by Crippen LogP contribution is 2.32. The van der Waals surface area contributed by atoms with Gasteiger partial charge in [-0.3, -0.25) is 9.59 Å². The van der Waals surface area contributed by atoms with E-state index in [4.69, 9.17) is 9.15 Å². The highest BCUT2D eigenvalue weighted by molar-refractivity contribution is 5.85. The summed E-state index contributed by atoms with van der Waals surface area (Å²) in [6.45, 7) is 5.93. The zero-order chi connectivity index (χ0) is 22.7. The van der Waals surface area contributed by atoms with Gasteiger partial charge in [0.1, 0.15) is 5.58 Å². The molecule has 1 N–H and O–H groups in total. The van der Waals surface area contributed by atoms with Crippen molar-refractivity contribution >= 4 is 16.9 Å². The molecule has 0 atom stereocenters. The fourth-order valence-electron chi connectivity index (χ4n) is 3.64. The van der Waals surface area contributed by atoms with Gasteiger partial charge in [-0.05, 0) is 43.5 Å². The van der Waals surface area contributed by atoms with Crippen LogP contribution in [0.2, 0.25) is 0 Å². The summed E-state index contributed by atoms with van der Waals surface area (Å²) >= 11 is 0. The van der Waals surface area contributed by atoms with Gasteiger partial charge in [-0.25, -0.2) is 0 Å². The van der Waals surface area contributed by atoms with Crippen LogP contribution in [0, 0.1) is 20.8 Å². The minimum atomic E-state index is -0.316. The summed E-state index contributed by atoms with van der Waals surface area (Å²) in [7, 11) is 0. The molecule has 0 fully saturated rings. The van der Waals surface area contributed by atoms with Crippen LogP contribution in [-0.2, 0) is 11.3 Å². The molecule has 4 rings (SSSR count). The van der Waals surface area contributed by atoms with E-state index in [2.05, 4.69) is 5.32 Å². The van der Waals surface area contributed by atoms with Crippen molar-refractivity contribution in [3.8, 4) is 17.1 Å². The van der Waals surface area contributed by atoms with Gasteiger partial charge in [0, 0.05) is 12.1 Å². The summed E-state index contributed by atoms with van der Waals surface area (Å²) in [6, 6.07) is 21.0. The van der Waals surface area contributed by atoms with E-state index in [9.17, 15) is 9.59 Å². The number of ether oxygens (including phenoxy) is 1. The topological polar surface area (TPSA) is 68.5 Å². The molecule has 5 heteroatoms. The molecule has 0 aliphatic carbocycles. The molecule has 1 heterocycles. The summed E-state index contributed by atoms with van der Waals surface area (Å²) in [5, 5.41) is 3.26. The fraction of sp³-hybridized carbons (Fsp3) is 0.185. The number of aryl methyl sites for hydroxylation is 3. The van der Waals surface area contributed by atoms with E-state index in [1.807, 2.05) is 81.4 Å². The Labute approximate surface area is 186 Å². The normalized spacial score (nSPS) is 10.8. The number of hydrogen-bond donors (Lipinski definition) is 1. The summed E-state index contributed by atoms with van der Waals surface area (Å²) in [4.78, 5) is 25.8. The molecule has 0 aliphatic rings. The summed E-state index contributed by atoms with van der Waals surface area (Å²) < 4.78 is 12.0. The van der Waals surface area contributed by atoms with Crippen LogP contribution in [0.1, 0.15) is 22.3 Å². The van der Waals surface area contributed by atoms with Crippen LogP contribution in [0.5, 0.6) is 5.75 Å². The number of fused-ring (bicyclic) bond motifs is 1. The van der Waals surface area contributed by atoms with E-state index in [0.29, 0.717) is 28.8 Å². The molecule has 162 valence electrons. The molecule has 1 amide bonds. The average molecular weight is 428 g/mol. The Kier molecular flexibility index (Phi) is 6.08. The van der Waals surface area contributed by atoms with Crippen molar-refractivity contribution in [1.29, 1.82) is 0 Å². The summed E-state index contributed by atoms with van der Waals surface area (Å²) in [5.74, 6) is 0.0511. The Hall–Kier alpha value is -3.86. The minimum Gasteiger partial charge on any atom is -0.476 e. The van der Waals surface area contributed by atoms with Crippen LogP contribution >= 0.6 is 0 Å². The Balaban J connectivity index is 1.67. The Morgan fingerprint density at radius 2 is 1.66 bits per heavy atom. The van der Waals surface area contributed by atoms with E-state index < -0.39 is 0 Å². The number of rotatable bonds is 6. The molecule has 4 aromatic rings. The monoisotopic (exact) mass is 427 g/mol. The van der Waals surface area contributed by atoms with Crippen molar-refractivity contribution in [2.75, 3.05) is 6.61 Å². The second kappa shape index (κ2) is 9.10. The van der Waals surface area contributed by atoms with Crippen LogP contribution in [0.3, 0.4) is 0 Å². The van der Waals surface area contributed by atoms with Crippen molar-refractivity contribution < 1.29 is 13.9 Å². The molecular weight excluding hydrogens is 402 g/mol. The van der Waals surface area contributed by atoms with Gasteiger partial charge < -0.3 is 14.5 Å². The molecular formula is C27H25NO4. The molecule has 0 bridgehead atoms. The molecule has 32 heavy (non-hydrogen) atoms. The predicted octanol–water partition coefficient (Wildman–Crippen LogP) is 5.08. The van der Waals surface area contributed by atoms with Gasteiger partial charge in [-0.1, -0.05) is 66.2 Å². The maximum Gasteiger partial charge on any atom is 0.258 e. The number of hydrogen-bond acceptors (Lipinski definition) is 4. The minimum absolute atomic E-state index is 0.0428. The van der Waals surface area contributed by atoms with Crippen molar-refractivity contribution in [3.05, 3.63) is 99.2 Å². The number of carbonyl (C=O) groups is 1. The first-order valence-electron chi connectivity index (χ1n) is 10.5. The second-order valence-corrected chi connectivity index (χ2v) is 7.96. The highest BCUT2D eigenvalue weighted by Gasteiger charge is 2.20. The third-order valence-electron chi connectivity index (χ3n) is 5.27. The quantitative estimate of drug-likeness (QED) is 0.466. The van der Waals surface area contributed by atoms with Crippen molar-refractivity contribution in [2.24, 2.45) is 0 Å². The first-order valence-corrected chi connectivity index (χ1v) is 10.5. The third kappa shape index (κ3) is 4.57. The molecule has 0 saturated carbocycles. The molecule has 0 unspecified atom stereocenters. The van der Waals surface area contributed by atoms with Gasteiger partial charge in [0.2, 0.25) is 11.2 Å². The zero-order valence-electron chi connectivity index (χ0n) is 18.4. The van der Waals surface area contributed by atoms with Crippen molar-refractivity contribution in [1.82, 2.24) is 5.32 Å². The lowest BCUT2D eigenvalue weighted by Gasteiger charge is -2.13. The Morgan fingerprint density at radius 3 is 2.38 bits per heavy atom. The SMILES string of the molecule is Cc1ccc(-c2oc3c(C)cc(C)cc3c(=O)c2OCC(=O)NCc2ccccc2)cc1. The first-order chi connectivity index (χ1) is 15.4. The maximum absolute atomic E-state index is 13.4. The van der Waals surface area contributed by atoms with E-state index in [-0.39, 0.29) is 23.7 Å². The maximum atomic E-state index is 13.4. The zero-order valence-corrected chi connectivity index (χ0v) is 18.4. The smallest absolute Gasteiger partial charge is 0.258 e. The average Bonchev–Trinajstić information content (AvgIpc) is 2.79. The lowest BCUT2D eigenvalue weighted by molar-refractivity contribution is -0.123. The van der Waals surface area contributed by atoms with Gasteiger partial charge in [-0.15, -0.1) is 0 Å².